The Bertz CT molecular complexity index is 976. The second-order valence-corrected chi connectivity index (χ2v) is 8.14. The summed E-state index contributed by atoms with van der Waals surface area (Å²) in [4.78, 5) is 25.0. The topological polar surface area (TPSA) is 125 Å². The first-order chi connectivity index (χ1) is 14.2. The number of aliphatic hydroxyl groups excluding tert-OH is 1. The summed E-state index contributed by atoms with van der Waals surface area (Å²) in [5.74, 6) is -1.54. The van der Waals surface area contributed by atoms with Crippen molar-refractivity contribution in [3.05, 3.63) is 71.8 Å². The second kappa shape index (κ2) is 9.35. The van der Waals surface area contributed by atoms with Crippen molar-refractivity contribution in [2.45, 2.75) is 24.6 Å². The van der Waals surface area contributed by atoms with Gasteiger partial charge in [0.1, 0.15) is 0 Å². The first kappa shape index (κ1) is 21.9. The molecule has 0 bridgehead atoms. The fourth-order valence-corrected chi connectivity index (χ4v) is 3.46. The third-order valence-corrected chi connectivity index (χ3v) is 4.78. The van der Waals surface area contributed by atoms with E-state index < -0.39 is 46.7 Å². The van der Waals surface area contributed by atoms with Gasteiger partial charge in [0, 0.05) is 0 Å². The second-order valence-electron chi connectivity index (χ2n) is 6.53. The highest BCUT2D eigenvalue weighted by atomic mass is 32.2. The van der Waals surface area contributed by atoms with Gasteiger partial charge in [-0.3, -0.25) is 4.18 Å². The monoisotopic (exact) mass is 436 g/mol. The molecule has 10 heteroatoms. The SMILES string of the molecule is CS(=O)(=O)O[C@@H]1[C@@H](OC(=O)c2ccccc2)[C@@H](OC(=O)c2ccccc2)CO[C@@H]1O. The van der Waals surface area contributed by atoms with Crippen LogP contribution in [0.1, 0.15) is 20.7 Å². The lowest BCUT2D eigenvalue weighted by Crippen LogP contribution is -2.57. The van der Waals surface area contributed by atoms with Crippen molar-refractivity contribution >= 4 is 22.1 Å². The summed E-state index contributed by atoms with van der Waals surface area (Å²) in [5.41, 5.74) is 0.419. The maximum Gasteiger partial charge on any atom is 0.338 e. The van der Waals surface area contributed by atoms with E-state index in [1.165, 1.54) is 24.3 Å². The minimum atomic E-state index is -4.07. The molecule has 2 aromatic rings. The predicted octanol–water partition coefficient (Wildman–Crippen LogP) is 1.13. The lowest BCUT2D eigenvalue weighted by molar-refractivity contribution is -0.243. The highest BCUT2D eigenvalue weighted by Crippen LogP contribution is 2.25. The van der Waals surface area contributed by atoms with Crippen molar-refractivity contribution in [3.63, 3.8) is 0 Å². The largest absolute Gasteiger partial charge is 0.452 e. The van der Waals surface area contributed by atoms with Gasteiger partial charge in [-0.15, -0.1) is 0 Å². The number of carbonyl (C=O) groups excluding carboxylic acids is 2. The zero-order valence-electron chi connectivity index (χ0n) is 15.9. The van der Waals surface area contributed by atoms with Crippen LogP contribution in [0.15, 0.2) is 60.7 Å². The summed E-state index contributed by atoms with van der Waals surface area (Å²) >= 11 is 0. The number of carbonyl (C=O) groups is 2. The van der Waals surface area contributed by atoms with Crippen LogP contribution in [-0.4, -0.2) is 62.9 Å². The van der Waals surface area contributed by atoms with Crippen LogP contribution in [0.25, 0.3) is 0 Å². The lowest BCUT2D eigenvalue weighted by atomic mass is 10.0. The van der Waals surface area contributed by atoms with Crippen molar-refractivity contribution in [1.29, 1.82) is 0 Å². The van der Waals surface area contributed by atoms with Gasteiger partial charge in [-0.1, -0.05) is 36.4 Å². The molecule has 1 saturated heterocycles. The Labute approximate surface area is 173 Å². The number of aliphatic hydroxyl groups is 1. The van der Waals surface area contributed by atoms with Crippen LogP contribution in [-0.2, 0) is 28.5 Å². The Morgan fingerprint density at radius 3 is 1.90 bits per heavy atom. The van der Waals surface area contributed by atoms with Crippen molar-refractivity contribution in [1.82, 2.24) is 0 Å². The average molecular weight is 436 g/mol. The van der Waals surface area contributed by atoms with Crippen molar-refractivity contribution in [2.24, 2.45) is 0 Å². The van der Waals surface area contributed by atoms with Crippen LogP contribution in [0.5, 0.6) is 0 Å². The molecule has 1 aliphatic rings. The quantitative estimate of drug-likeness (QED) is 0.524. The van der Waals surface area contributed by atoms with E-state index in [2.05, 4.69) is 0 Å². The number of rotatable bonds is 6. The van der Waals surface area contributed by atoms with Crippen LogP contribution in [0.2, 0.25) is 0 Å². The normalized spacial score (nSPS) is 24.1. The molecule has 0 aromatic heterocycles. The van der Waals surface area contributed by atoms with Gasteiger partial charge in [0.25, 0.3) is 10.1 Å². The van der Waals surface area contributed by atoms with E-state index in [9.17, 15) is 23.1 Å². The molecule has 0 amide bonds. The zero-order chi connectivity index (χ0) is 21.7. The fraction of sp³-hybridized carbons (Fsp3) is 0.300. The molecular formula is C20H20O9S. The lowest BCUT2D eigenvalue weighted by Gasteiger charge is -2.38. The molecule has 1 N–H and O–H groups in total. The van der Waals surface area contributed by atoms with E-state index in [4.69, 9.17) is 18.4 Å². The molecule has 1 aliphatic heterocycles. The number of benzene rings is 2. The van der Waals surface area contributed by atoms with E-state index >= 15 is 0 Å². The Morgan fingerprint density at radius 2 is 1.40 bits per heavy atom. The molecule has 0 spiro atoms. The number of hydrogen-bond donors (Lipinski definition) is 1. The molecule has 9 nitrogen and oxygen atoms in total. The van der Waals surface area contributed by atoms with E-state index in [0.29, 0.717) is 0 Å². The van der Waals surface area contributed by atoms with Crippen LogP contribution in [0.3, 0.4) is 0 Å². The Morgan fingerprint density at radius 1 is 0.900 bits per heavy atom. The highest BCUT2D eigenvalue weighted by molar-refractivity contribution is 7.86. The third kappa shape index (κ3) is 5.63. The molecule has 0 saturated carbocycles. The zero-order valence-corrected chi connectivity index (χ0v) is 16.7. The van der Waals surface area contributed by atoms with Gasteiger partial charge in [-0.2, -0.15) is 8.42 Å². The average Bonchev–Trinajstić information content (AvgIpc) is 2.73. The van der Waals surface area contributed by atoms with Crippen LogP contribution in [0, 0.1) is 0 Å². The van der Waals surface area contributed by atoms with Crippen LogP contribution >= 0.6 is 0 Å². The first-order valence-corrected chi connectivity index (χ1v) is 10.8. The van der Waals surface area contributed by atoms with E-state index in [0.717, 1.165) is 6.26 Å². The summed E-state index contributed by atoms with van der Waals surface area (Å²) < 4.78 is 44.1. The Kier molecular flexibility index (Phi) is 6.83. The smallest absolute Gasteiger partial charge is 0.338 e. The van der Waals surface area contributed by atoms with Gasteiger partial charge in [0.2, 0.25) is 0 Å². The molecule has 0 unspecified atom stereocenters. The summed E-state index contributed by atoms with van der Waals surface area (Å²) in [5, 5.41) is 10.1. The molecule has 160 valence electrons. The van der Waals surface area contributed by atoms with Gasteiger partial charge in [0.05, 0.1) is 24.0 Å². The van der Waals surface area contributed by atoms with Gasteiger partial charge in [-0.25, -0.2) is 9.59 Å². The number of hydrogen-bond acceptors (Lipinski definition) is 9. The summed E-state index contributed by atoms with van der Waals surface area (Å²) in [7, 11) is -4.07. The van der Waals surface area contributed by atoms with Crippen molar-refractivity contribution < 1.29 is 41.5 Å². The summed E-state index contributed by atoms with van der Waals surface area (Å²) in [6.07, 6.45) is -5.24. The minimum Gasteiger partial charge on any atom is -0.452 e. The van der Waals surface area contributed by atoms with Crippen LogP contribution < -0.4 is 0 Å². The highest BCUT2D eigenvalue weighted by Gasteiger charge is 2.47. The van der Waals surface area contributed by atoms with Gasteiger partial charge < -0.3 is 19.3 Å². The number of ether oxygens (including phenoxy) is 3. The van der Waals surface area contributed by atoms with Crippen molar-refractivity contribution in [3.8, 4) is 0 Å². The molecule has 4 atom stereocenters. The molecule has 0 aliphatic carbocycles. The standard InChI is InChI=1S/C20H20O9S/c1-30(24,25)29-17-16(28-19(22)14-10-6-3-7-11-14)15(12-26-20(17)23)27-18(21)13-8-4-2-5-9-13/h2-11,15-17,20,23H,12H2,1H3/t15-,16-,17+,20-/m0/s1. The molecule has 30 heavy (non-hydrogen) atoms. The van der Waals surface area contributed by atoms with Crippen LogP contribution in [0.4, 0.5) is 0 Å². The molecule has 2 aromatic carbocycles. The predicted molar refractivity (Wildman–Crippen MR) is 103 cm³/mol. The molecule has 0 radical (unpaired) electrons. The fourth-order valence-electron chi connectivity index (χ4n) is 2.85. The minimum absolute atomic E-state index is 0.185. The van der Waals surface area contributed by atoms with E-state index in [1.54, 1.807) is 36.4 Å². The Hall–Kier alpha value is -2.79. The number of esters is 2. The first-order valence-electron chi connectivity index (χ1n) is 8.94. The van der Waals surface area contributed by atoms with E-state index in [-0.39, 0.29) is 17.7 Å². The van der Waals surface area contributed by atoms with Crippen molar-refractivity contribution in [2.75, 3.05) is 12.9 Å². The van der Waals surface area contributed by atoms with Gasteiger partial charge >= 0.3 is 11.9 Å². The molecule has 3 rings (SSSR count). The summed E-state index contributed by atoms with van der Waals surface area (Å²) in [6.45, 7) is -0.337. The Balaban J connectivity index is 1.86. The maximum absolute atomic E-state index is 12.5. The third-order valence-electron chi connectivity index (χ3n) is 4.21. The summed E-state index contributed by atoms with van der Waals surface area (Å²) in [6, 6.07) is 16.0. The van der Waals surface area contributed by atoms with E-state index in [1.807, 2.05) is 0 Å². The van der Waals surface area contributed by atoms with Gasteiger partial charge in [0.15, 0.2) is 24.6 Å². The van der Waals surface area contributed by atoms with Gasteiger partial charge in [-0.05, 0) is 24.3 Å². The molecule has 1 heterocycles. The molecular weight excluding hydrogens is 416 g/mol. The molecule has 1 fully saturated rings. The maximum atomic E-state index is 12.5.